The molecule has 0 radical (unpaired) electrons. The third-order valence-corrected chi connectivity index (χ3v) is 5.02. The van der Waals surface area contributed by atoms with Crippen molar-refractivity contribution in [3.63, 3.8) is 0 Å². The molecule has 0 fully saturated rings. The Morgan fingerprint density at radius 3 is 2.38 bits per heavy atom. The van der Waals surface area contributed by atoms with Gasteiger partial charge in [-0.3, -0.25) is 4.52 Å². The lowest BCUT2D eigenvalue weighted by atomic mass is 10.0. The number of phosphoric ester groups is 1. The lowest BCUT2D eigenvalue weighted by molar-refractivity contribution is -0.136. The van der Waals surface area contributed by atoms with Crippen LogP contribution in [0.3, 0.4) is 0 Å². The maximum Gasteiger partial charge on any atom is 0.469 e. The molecule has 0 aliphatic heterocycles. The van der Waals surface area contributed by atoms with Gasteiger partial charge in [0.25, 0.3) is 0 Å². The van der Waals surface area contributed by atoms with E-state index in [1.807, 2.05) is 6.92 Å². The maximum absolute atomic E-state index is 10.5. The van der Waals surface area contributed by atoms with Gasteiger partial charge in [-0.2, -0.15) is 0 Å². The van der Waals surface area contributed by atoms with Gasteiger partial charge in [0.1, 0.15) is 5.76 Å². The Hall–Kier alpha value is -0.670. The van der Waals surface area contributed by atoms with Gasteiger partial charge >= 0.3 is 7.82 Å². The number of aliphatic hydroxyl groups is 2. The first kappa shape index (κ1) is 28.3. The van der Waals surface area contributed by atoms with Crippen LogP contribution in [-0.2, 0) is 18.6 Å². The van der Waals surface area contributed by atoms with Crippen LogP contribution in [-0.4, -0.2) is 59.3 Å². The topological polar surface area (TPSA) is 138 Å². The Bertz CT molecular complexity index is 497. The van der Waals surface area contributed by atoms with Gasteiger partial charge in [0.05, 0.1) is 19.8 Å². The highest BCUT2D eigenvalue weighted by Crippen LogP contribution is 2.36. The van der Waals surface area contributed by atoms with Crippen LogP contribution in [0.2, 0.25) is 0 Å². The van der Waals surface area contributed by atoms with Gasteiger partial charge in [-0.1, -0.05) is 27.2 Å². The zero-order chi connectivity index (χ0) is 22.3. The second-order valence-electron chi connectivity index (χ2n) is 7.17. The van der Waals surface area contributed by atoms with Gasteiger partial charge in [-0.15, -0.1) is 0 Å². The average molecular weight is 442 g/mol. The third-order valence-electron chi connectivity index (χ3n) is 4.53. The standard InChI is InChI=1S/C12H24NO7P.C7H16O/c1-3-18-11-5-4-10(11)13-6-7-19-12(14)9(2)8-20-21(15,16)17;1-3-7(2)5-4-6-8/h9,12-14H,3-8H2,1-2H3,(H2,15,16,17);7-8H,3-6H2,1-2H3/t9-,12?;/m1./s1. The minimum atomic E-state index is -4.51. The molecule has 0 bridgehead atoms. The molecule has 0 saturated carbocycles. The molecular formula is C19H40NO8P. The minimum absolute atomic E-state index is 0.268. The molecule has 0 aromatic rings. The molecule has 10 heteroatoms. The molecule has 9 nitrogen and oxygen atoms in total. The van der Waals surface area contributed by atoms with Gasteiger partial charge < -0.3 is 34.8 Å². The first-order chi connectivity index (χ1) is 13.6. The summed E-state index contributed by atoms with van der Waals surface area (Å²) in [5, 5.41) is 21.2. The van der Waals surface area contributed by atoms with E-state index in [4.69, 9.17) is 24.4 Å². The Morgan fingerprint density at radius 1 is 1.21 bits per heavy atom. The van der Waals surface area contributed by atoms with E-state index in [2.05, 4.69) is 23.7 Å². The molecule has 174 valence electrons. The molecule has 0 amide bonds. The second kappa shape index (κ2) is 16.1. The number of ether oxygens (including phenoxy) is 2. The Morgan fingerprint density at radius 2 is 1.90 bits per heavy atom. The number of hydrogen-bond acceptors (Lipinski definition) is 7. The fourth-order valence-corrected chi connectivity index (χ4v) is 2.79. The molecule has 0 aromatic heterocycles. The summed E-state index contributed by atoms with van der Waals surface area (Å²) in [6.45, 7) is 9.42. The van der Waals surface area contributed by atoms with Crippen molar-refractivity contribution in [3.05, 3.63) is 11.5 Å². The minimum Gasteiger partial charge on any atom is -0.496 e. The molecule has 5 N–H and O–H groups in total. The van der Waals surface area contributed by atoms with Crippen LogP contribution in [0, 0.1) is 11.8 Å². The summed E-state index contributed by atoms with van der Waals surface area (Å²) in [6.07, 6.45) is 4.13. The lowest BCUT2D eigenvalue weighted by Gasteiger charge is -2.25. The number of phosphoric acid groups is 1. The third kappa shape index (κ3) is 14.9. The molecular weight excluding hydrogens is 401 g/mol. The molecule has 29 heavy (non-hydrogen) atoms. The maximum atomic E-state index is 10.5. The highest BCUT2D eigenvalue weighted by molar-refractivity contribution is 7.46. The average Bonchev–Trinajstić information content (AvgIpc) is 2.66. The molecule has 3 atom stereocenters. The van der Waals surface area contributed by atoms with Crippen LogP contribution >= 0.6 is 7.82 Å². The van der Waals surface area contributed by atoms with E-state index < -0.39 is 20.0 Å². The van der Waals surface area contributed by atoms with Crippen LogP contribution in [0.5, 0.6) is 0 Å². The molecule has 0 aromatic carbocycles. The second-order valence-corrected chi connectivity index (χ2v) is 8.41. The molecule has 1 rings (SSSR count). The van der Waals surface area contributed by atoms with E-state index in [1.54, 1.807) is 6.92 Å². The van der Waals surface area contributed by atoms with E-state index in [9.17, 15) is 9.67 Å². The van der Waals surface area contributed by atoms with Crippen molar-refractivity contribution < 1.29 is 38.6 Å². The monoisotopic (exact) mass is 441 g/mol. The van der Waals surface area contributed by atoms with Crippen molar-refractivity contribution >= 4 is 7.82 Å². The van der Waals surface area contributed by atoms with Gasteiger partial charge in [0.15, 0.2) is 6.29 Å². The molecule has 0 saturated heterocycles. The van der Waals surface area contributed by atoms with Crippen LogP contribution in [0.1, 0.15) is 59.8 Å². The van der Waals surface area contributed by atoms with Gasteiger partial charge in [-0.05, 0) is 32.1 Å². The van der Waals surface area contributed by atoms with E-state index >= 15 is 0 Å². The van der Waals surface area contributed by atoms with E-state index in [-0.39, 0.29) is 13.2 Å². The van der Waals surface area contributed by atoms with E-state index in [0.29, 0.717) is 19.8 Å². The molecule has 0 heterocycles. The van der Waals surface area contributed by atoms with Crippen molar-refractivity contribution in [2.45, 2.75) is 66.1 Å². The summed E-state index contributed by atoms with van der Waals surface area (Å²) in [4.78, 5) is 17.1. The molecule has 1 aliphatic carbocycles. The van der Waals surface area contributed by atoms with Gasteiger partial charge in [-0.25, -0.2) is 4.57 Å². The zero-order valence-corrected chi connectivity index (χ0v) is 19.1. The predicted octanol–water partition coefficient (Wildman–Crippen LogP) is 2.50. The molecule has 0 spiro atoms. The molecule has 1 aliphatic rings. The fourth-order valence-electron chi connectivity index (χ4n) is 2.36. The summed E-state index contributed by atoms with van der Waals surface area (Å²) >= 11 is 0. The summed E-state index contributed by atoms with van der Waals surface area (Å²) in [5.41, 5.74) is 1.06. The molecule has 2 unspecified atom stereocenters. The van der Waals surface area contributed by atoms with Crippen LogP contribution in [0.4, 0.5) is 0 Å². The first-order valence-electron chi connectivity index (χ1n) is 10.3. The predicted molar refractivity (Wildman–Crippen MR) is 111 cm³/mol. The first-order valence-corrected chi connectivity index (χ1v) is 11.9. The normalized spacial score (nSPS) is 17.0. The summed E-state index contributed by atoms with van der Waals surface area (Å²) < 4.78 is 25.4. The van der Waals surface area contributed by atoms with Gasteiger partial charge in [0.2, 0.25) is 0 Å². The quantitative estimate of drug-likeness (QED) is 0.147. The number of allylic oxidation sites excluding steroid dienone is 2. The Balaban J connectivity index is 0.000000828. The van der Waals surface area contributed by atoms with Crippen molar-refractivity contribution in [3.8, 4) is 0 Å². The van der Waals surface area contributed by atoms with Crippen molar-refractivity contribution in [2.24, 2.45) is 11.8 Å². The van der Waals surface area contributed by atoms with Crippen molar-refractivity contribution in [2.75, 3.05) is 33.0 Å². The number of rotatable bonds is 15. The van der Waals surface area contributed by atoms with Crippen molar-refractivity contribution in [1.29, 1.82) is 0 Å². The SMILES string of the molecule is CCC(C)CCCO.CCOC1=C(NCCOC(O)[C@H](C)COP(=O)(O)O)CC1. The van der Waals surface area contributed by atoms with Crippen LogP contribution in [0.25, 0.3) is 0 Å². The van der Waals surface area contributed by atoms with Crippen LogP contribution in [0.15, 0.2) is 11.5 Å². The highest BCUT2D eigenvalue weighted by Gasteiger charge is 2.21. The summed E-state index contributed by atoms with van der Waals surface area (Å²) in [5.74, 6) is 1.23. The Labute approximate surface area is 174 Å². The summed E-state index contributed by atoms with van der Waals surface area (Å²) in [7, 11) is -4.51. The zero-order valence-electron chi connectivity index (χ0n) is 18.2. The van der Waals surface area contributed by atoms with E-state index in [0.717, 1.165) is 36.6 Å². The largest absolute Gasteiger partial charge is 0.496 e. The van der Waals surface area contributed by atoms with Gasteiger partial charge in [0, 0.05) is 31.2 Å². The fraction of sp³-hybridized carbons (Fsp3) is 0.895. The highest BCUT2D eigenvalue weighted by atomic mass is 31.2. The van der Waals surface area contributed by atoms with E-state index in [1.165, 1.54) is 12.8 Å². The summed E-state index contributed by atoms with van der Waals surface area (Å²) in [6, 6.07) is 0. The number of nitrogens with one attached hydrogen (secondary N) is 1. The smallest absolute Gasteiger partial charge is 0.469 e. The lowest BCUT2D eigenvalue weighted by Crippen LogP contribution is -2.30. The number of hydrogen-bond donors (Lipinski definition) is 5. The van der Waals surface area contributed by atoms with Crippen LogP contribution < -0.4 is 5.32 Å². The number of aliphatic hydroxyl groups excluding tert-OH is 2. The Kier molecular flexibility index (Phi) is 15.7. The van der Waals surface area contributed by atoms with Crippen molar-refractivity contribution in [1.82, 2.24) is 5.32 Å².